The molecule has 0 saturated carbocycles. The number of nitrogens with one attached hydrogen (secondary N) is 2. The Morgan fingerprint density at radius 2 is 1.86 bits per heavy atom. The third kappa shape index (κ3) is 2.72. The van der Waals surface area contributed by atoms with E-state index in [1.165, 1.54) is 37.6 Å². The van der Waals surface area contributed by atoms with Crippen molar-refractivity contribution >= 4 is 33.8 Å². The standard InChI is InChI=1S/C18H13N5O5/c1-28-13-4-2-3-12-14(13)15-16(20-12)17(24)22(18(25)21-15)19-9-10-5-7-11(8-6-10)23(26)27/h2-9,20H,1H3,(H,21,25)/b19-9-. The molecule has 0 saturated heterocycles. The number of fused-ring (bicyclic) bond motifs is 3. The van der Waals surface area contributed by atoms with Crippen LogP contribution < -0.4 is 16.0 Å². The third-order valence-corrected chi connectivity index (χ3v) is 4.26. The van der Waals surface area contributed by atoms with E-state index in [-0.39, 0.29) is 11.2 Å². The fourth-order valence-electron chi connectivity index (χ4n) is 2.94. The Morgan fingerprint density at radius 1 is 1.11 bits per heavy atom. The lowest BCUT2D eigenvalue weighted by molar-refractivity contribution is -0.384. The topological polar surface area (TPSA) is 135 Å². The van der Waals surface area contributed by atoms with Gasteiger partial charge in [0.25, 0.3) is 5.69 Å². The summed E-state index contributed by atoms with van der Waals surface area (Å²) in [5, 5.41) is 15.2. The van der Waals surface area contributed by atoms with Crippen molar-refractivity contribution in [2.75, 3.05) is 7.11 Å². The maximum Gasteiger partial charge on any atom is 0.350 e. The van der Waals surface area contributed by atoms with Crippen LogP contribution in [0.2, 0.25) is 0 Å². The Labute approximate surface area is 155 Å². The number of benzene rings is 2. The van der Waals surface area contributed by atoms with Crippen LogP contribution in [0.1, 0.15) is 5.56 Å². The number of methoxy groups -OCH3 is 1. The molecule has 2 N–H and O–H groups in total. The second-order valence-corrected chi connectivity index (χ2v) is 5.90. The molecule has 4 rings (SSSR count). The summed E-state index contributed by atoms with van der Waals surface area (Å²) in [4.78, 5) is 41.0. The summed E-state index contributed by atoms with van der Waals surface area (Å²) < 4.78 is 5.99. The fraction of sp³-hybridized carbons (Fsp3) is 0.0556. The van der Waals surface area contributed by atoms with Crippen LogP contribution in [0, 0.1) is 10.1 Å². The van der Waals surface area contributed by atoms with Crippen LogP contribution in [-0.4, -0.2) is 32.9 Å². The van der Waals surface area contributed by atoms with Gasteiger partial charge in [0.15, 0.2) is 0 Å². The Hall–Kier alpha value is -4.21. The summed E-state index contributed by atoms with van der Waals surface area (Å²) in [6, 6.07) is 10.8. The van der Waals surface area contributed by atoms with Gasteiger partial charge >= 0.3 is 11.2 Å². The number of nitrogens with zero attached hydrogens (tertiary/aromatic N) is 3. The molecule has 2 aromatic heterocycles. The molecule has 10 heteroatoms. The van der Waals surface area contributed by atoms with E-state index in [0.29, 0.717) is 32.4 Å². The first kappa shape index (κ1) is 17.2. The highest BCUT2D eigenvalue weighted by Crippen LogP contribution is 2.29. The Bertz CT molecular complexity index is 1360. The molecular weight excluding hydrogens is 366 g/mol. The summed E-state index contributed by atoms with van der Waals surface area (Å²) in [6.07, 6.45) is 1.27. The highest BCUT2D eigenvalue weighted by atomic mass is 16.6. The van der Waals surface area contributed by atoms with Crippen LogP contribution in [0.3, 0.4) is 0 Å². The zero-order valence-corrected chi connectivity index (χ0v) is 14.5. The minimum absolute atomic E-state index is 0.0689. The van der Waals surface area contributed by atoms with Crippen LogP contribution in [0.25, 0.3) is 21.9 Å². The second kappa shape index (κ2) is 6.50. The average molecular weight is 379 g/mol. The van der Waals surface area contributed by atoms with E-state index in [4.69, 9.17) is 4.74 Å². The number of hydrogen-bond acceptors (Lipinski definition) is 6. The molecule has 10 nitrogen and oxygen atoms in total. The zero-order chi connectivity index (χ0) is 19.8. The number of aromatic amines is 2. The van der Waals surface area contributed by atoms with Crippen molar-refractivity contribution in [1.29, 1.82) is 0 Å². The van der Waals surface area contributed by atoms with E-state index < -0.39 is 16.2 Å². The molecular formula is C18H13N5O5. The van der Waals surface area contributed by atoms with E-state index in [0.717, 1.165) is 0 Å². The van der Waals surface area contributed by atoms with Crippen molar-refractivity contribution in [3.05, 3.63) is 79.0 Å². The van der Waals surface area contributed by atoms with Crippen LogP contribution >= 0.6 is 0 Å². The summed E-state index contributed by atoms with van der Waals surface area (Å²) in [6.45, 7) is 0. The molecule has 4 aromatic rings. The molecule has 2 heterocycles. The van der Waals surface area contributed by atoms with Crippen molar-refractivity contribution in [2.24, 2.45) is 5.10 Å². The minimum Gasteiger partial charge on any atom is -0.496 e. The predicted molar refractivity (Wildman–Crippen MR) is 103 cm³/mol. The average Bonchev–Trinajstić information content (AvgIpc) is 3.07. The van der Waals surface area contributed by atoms with Gasteiger partial charge in [-0.25, -0.2) is 4.79 Å². The van der Waals surface area contributed by atoms with Gasteiger partial charge in [-0.05, 0) is 29.8 Å². The fourth-order valence-corrected chi connectivity index (χ4v) is 2.94. The molecule has 0 radical (unpaired) electrons. The van der Waals surface area contributed by atoms with E-state index in [9.17, 15) is 19.7 Å². The summed E-state index contributed by atoms with van der Waals surface area (Å²) >= 11 is 0. The van der Waals surface area contributed by atoms with Crippen molar-refractivity contribution in [2.45, 2.75) is 0 Å². The number of rotatable bonds is 4. The highest BCUT2D eigenvalue weighted by Gasteiger charge is 2.15. The van der Waals surface area contributed by atoms with Gasteiger partial charge < -0.3 is 14.7 Å². The largest absolute Gasteiger partial charge is 0.496 e. The number of nitro groups is 1. The van der Waals surface area contributed by atoms with Crippen molar-refractivity contribution in [1.82, 2.24) is 14.6 Å². The molecule has 0 aliphatic rings. The van der Waals surface area contributed by atoms with E-state index >= 15 is 0 Å². The highest BCUT2D eigenvalue weighted by molar-refractivity contribution is 6.07. The number of H-pyrrole nitrogens is 2. The van der Waals surface area contributed by atoms with Crippen molar-refractivity contribution < 1.29 is 9.66 Å². The normalized spacial score (nSPS) is 11.5. The smallest absolute Gasteiger partial charge is 0.350 e. The molecule has 0 aliphatic carbocycles. The monoisotopic (exact) mass is 379 g/mol. The van der Waals surface area contributed by atoms with Gasteiger partial charge in [0.1, 0.15) is 11.3 Å². The Kier molecular flexibility index (Phi) is 4.00. The summed E-state index contributed by atoms with van der Waals surface area (Å²) in [7, 11) is 1.50. The summed E-state index contributed by atoms with van der Waals surface area (Å²) in [5.41, 5.74) is 0.233. The van der Waals surface area contributed by atoms with Gasteiger partial charge in [0, 0.05) is 12.1 Å². The number of non-ortho nitro benzene ring substituents is 1. The Morgan fingerprint density at radius 3 is 2.54 bits per heavy atom. The quantitative estimate of drug-likeness (QED) is 0.317. The molecule has 28 heavy (non-hydrogen) atoms. The molecule has 0 bridgehead atoms. The second-order valence-electron chi connectivity index (χ2n) is 5.90. The van der Waals surface area contributed by atoms with Crippen LogP contribution in [0.15, 0.2) is 57.2 Å². The van der Waals surface area contributed by atoms with Gasteiger partial charge in [0.2, 0.25) is 0 Å². The van der Waals surface area contributed by atoms with E-state index in [2.05, 4.69) is 15.1 Å². The lowest BCUT2D eigenvalue weighted by Crippen LogP contribution is -2.32. The third-order valence-electron chi connectivity index (χ3n) is 4.26. The van der Waals surface area contributed by atoms with Gasteiger partial charge in [0.05, 0.1) is 34.7 Å². The molecule has 0 aliphatic heterocycles. The van der Waals surface area contributed by atoms with Crippen LogP contribution in [-0.2, 0) is 0 Å². The van der Waals surface area contributed by atoms with Gasteiger partial charge in [-0.3, -0.25) is 14.9 Å². The molecule has 0 spiro atoms. The Balaban J connectivity index is 1.84. The molecule has 0 atom stereocenters. The first-order chi connectivity index (χ1) is 13.5. The molecule has 0 amide bonds. The zero-order valence-electron chi connectivity index (χ0n) is 14.5. The van der Waals surface area contributed by atoms with Gasteiger partial charge in [-0.15, -0.1) is 4.68 Å². The van der Waals surface area contributed by atoms with Crippen LogP contribution in [0.5, 0.6) is 5.75 Å². The lowest BCUT2D eigenvalue weighted by atomic mass is 10.2. The molecule has 140 valence electrons. The molecule has 0 unspecified atom stereocenters. The summed E-state index contributed by atoms with van der Waals surface area (Å²) in [5.74, 6) is 0.519. The van der Waals surface area contributed by atoms with Crippen molar-refractivity contribution in [3.63, 3.8) is 0 Å². The van der Waals surface area contributed by atoms with Gasteiger partial charge in [-0.2, -0.15) is 5.10 Å². The number of aromatic nitrogens is 3. The predicted octanol–water partition coefficient (Wildman–Crippen LogP) is 1.97. The SMILES string of the molecule is COc1cccc2[nH]c3c(=O)n(/N=C\c4ccc([N+](=O)[O-])cc4)c(=O)[nH]c3c12. The molecule has 0 fully saturated rings. The molecule has 2 aromatic carbocycles. The number of ether oxygens (including phenoxy) is 1. The van der Waals surface area contributed by atoms with E-state index in [1.807, 2.05) is 0 Å². The first-order valence-corrected chi connectivity index (χ1v) is 8.12. The maximum atomic E-state index is 12.8. The van der Waals surface area contributed by atoms with Crippen LogP contribution in [0.4, 0.5) is 5.69 Å². The lowest BCUT2D eigenvalue weighted by Gasteiger charge is -2.01. The minimum atomic E-state index is -0.720. The number of nitro benzene ring substituents is 1. The first-order valence-electron chi connectivity index (χ1n) is 8.12. The maximum absolute atomic E-state index is 12.8. The van der Waals surface area contributed by atoms with E-state index in [1.54, 1.807) is 18.2 Å². The number of hydrogen-bond donors (Lipinski definition) is 2. The van der Waals surface area contributed by atoms with Crippen molar-refractivity contribution in [3.8, 4) is 5.75 Å². The van der Waals surface area contributed by atoms with Gasteiger partial charge in [-0.1, -0.05) is 6.07 Å².